The van der Waals surface area contributed by atoms with Crippen LogP contribution in [0.5, 0.6) is 0 Å². The minimum atomic E-state index is -4.45. The minimum Gasteiger partial charge on any atom is -0.300 e. The highest BCUT2D eigenvalue weighted by Crippen LogP contribution is 2.29. The number of carbonyl (C=O) groups is 1. The molecule has 0 aliphatic carbocycles. The Morgan fingerprint density at radius 2 is 1.64 bits per heavy atom. The van der Waals surface area contributed by atoms with E-state index in [-0.39, 0.29) is 11.3 Å². The van der Waals surface area contributed by atoms with Gasteiger partial charge in [-0.1, -0.05) is 25.8 Å². The molecule has 0 N–H and O–H groups in total. The van der Waals surface area contributed by atoms with Gasteiger partial charge in [0, 0.05) is 19.3 Å². The minimum absolute atomic E-state index is 0.241. The lowest BCUT2D eigenvalue weighted by Gasteiger charge is -2.15. The Morgan fingerprint density at radius 1 is 0.970 bits per heavy atom. The zero-order chi connectivity index (χ0) is 24.0. The number of aromatic nitrogens is 2. The lowest BCUT2D eigenvalue weighted by atomic mass is 10.1. The summed E-state index contributed by atoms with van der Waals surface area (Å²) in [7, 11) is 0. The number of rotatable bonds is 10. The van der Waals surface area contributed by atoms with E-state index in [4.69, 9.17) is 0 Å². The molecule has 1 heterocycles. The van der Waals surface area contributed by atoms with E-state index in [1.807, 2.05) is 19.1 Å². The molecule has 0 aliphatic heterocycles. The molecule has 0 saturated carbocycles. The van der Waals surface area contributed by atoms with E-state index >= 15 is 0 Å². The molecular weight excluding hydrogens is 429 g/mol. The van der Waals surface area contributed by atoms with Crippen LogP contribution in [0.3, 0.4) is 0 Å². The third kappa shape index (κ3) is 6.30. The number of alkyl halides is 3. The van der Waals surface area contributed by atoms with Gasteiger partial charge in [-0.05, 0) is 68.1 Å². The molecule has 1 aromatic heterocycles. The maximum Gasteiger partial charge on any atom is 0.416 e. The van der Waals surface area contributed by atoms with Crippen LogP contribution in [0, 0.1) is 6.92 Å². The van der Waals surface area contributed by atoms with Crippen molar-refractivity contribution < 1.29 is 18.0 Å². The van der Waals surface area contributed by atoms with Crippen LogP contribution in [0.15, 0.2) is 47.3 Å². The number of hydrogen-bond acceptors (Lipinski definition) is 3. The van der Waals surface area contributed by atoms with Crippen molar-refractivity contribution in [2.24, 2.45) is 0 Å². The van der Waals surface area contributed by atoms with Crippen molar-refractivity contribution in [2.45, 2.75) is 71.4 Å². The SMILES string of the molecule is CCCCCC(=O)CCCCc1nc2cc(C)ccc2c(=O)n1-c1ccc(C(F)(F)F)cc1. The zero-order valence-electron chi connectivity index (χ0n) is 19.0. The van der Waals surface area contributed by atoms with Gasteiger partial charge in [-0.3, -0.25) is 14.2 Å². The molecule has 0 fully saturated rings. The number of Topliss-reactive ketones (excluding diaryl/α,β-unsaturated/α-hetero) is 1. The van der Waals surface area contributed by atoms with Gasteiger partial charge in [0.1, 0.15) is 11.6 Å². The van der Waals surface area contributed by atoms with Gasteiger partial charge in [-0.15, -0.1) is 0 Å². The second-order valence-corrected chi connectivity index (χ2v) is 8.44. The van der Waals surface area contributed by atoms with E-state index in [0.29, 0.717) is 54.5 Å². The van der Waals surface area contributed by atoms with Gasteiger partial charge < -0.3 is 0 Å². The smallest absolute Gasteiger partial charge is 0.300 e. The molecule has 3 rings (SSSR count). The normalized spacial score (nSPS) is 11.8. The number of unbranched alkanes of at least 4 members (excludes halogenated alkanes) is 3. The number of fused-ring (bicyclic) bond motifs is 1. The maximum atomic E-state index is 13.3. The summed E-state index contributed by atoms with van der Waals surface area (Å²) in [5.41, 5.74) is 0.782. The van der Waals surface area contributed by atoms with E-state index in [1.165, 1.54) is 16.7 Å². The molecule has 0 saturated heterocycles. The van der Waals surface area contributed by atoms with Crippen LogP contribution in [-0.2, 0) is 17.4 Å². The number of carbonyl (C=O) groups excluding carboxylic acids is 1. The van der Waals surface area contributed by atoms with Gasteiger partial charge in [0.15, 0.2) is 0 Å². The van der Waals surface area contributed by atoms with Gasteiger partial charge in [-0.25, -0.2) is 4.98 Å². The van der Waals surface area contributed by atoms with E-state index < -0.39 is 11.7 Å². The fourth-order valence-corrected chi connectivity index (χ4v) is 3.88. The highest BCUT2D eigenvalue weighted by Gasteiger charge is 2.30. The second-order valence-electron chi connectivity index (χ2n) is 8.44. The van der Waals surface area contributed by atoms with Crippen LogP contribution in [0.4, 0.5) is 13.2 Å². The van der Waals surface area contributed by atoms with Crippen LogP contribution < -0.4 is 5.56 Å². The molecule has 0 amide bonds. The van der Waals surface area contributed by atoms with Gasteiger partial charge >= 0.3 is 6.18 Å². The van der Waals surface area contributed by atoms with Crippen LogP contribution in [-0.4, -0.2) is 15.3 Å². The Bertz CT molecular complexity index is 1170. The number of nitrogens with zero attached hydrogens (tertiary/aromatic N) is 2. The number of hydrogen-bond donors (Lipinski definition) is 0. The first-order chi connectivity index (χ1) is 15.7. The van der Waals surface area contributed by atoms with Crippen molar-refractivity contribution in [3.05, 3.63) is 69.8 Å². The molecule has 3 aromatic rings. The molecule has 0 atom stereocenters. The Morgan fingerprint density at radius 3 is 2.27 bits per heavy atom. The highest BCUT2D eigenvalue weighted by molar-refractivity contribution is 5.79. The summed E-state index contributed by atoms with van der Waals surface area (Å²) in [4.78, 5) is 30.0. The monoisotopic (exact) mass is 458 g/mol. The Kier molecular flexibility index (Phi) is 8.06. The third-order valence-corrected chi connectivity index (χ3v) is 5.71. The average molecular weight is 459 g/mol. The Balaban J connectivity index is 1.87. The van der Waals surface area contributed by atoms with Crippen LogP contribution in [0.25, 0.3) is 16.6 Å². The summed E-state index contributed by atoms with van der Waals surface area (Å²) < 4.78 is 40.4. The molecule has 33 heavy (non-hydrogen) atoms. The fraction of sp³-hybridized carbons (Fsp3) is 0.423. The largest absolute Gasteiger partial charge is 0.416 e. The van der Waals surface area contributed by atoms with Crippen LogP contribution >= 0.6 is 0 Å². The van der Waals surface area contributed by atoms with Gasteiger partial charge in [-0.2, -0.15) is 13.2 Å². The van der Waals surface area contributed by atoms with Crippen molar-refractivity contribution in [1.82, 2.24) is 9.55 Å². The molecule has 0 radical (unpaired) electrons. The van der Waals surface area contributed by atoms with Crippen LogP contribution in [0.2, 0.25) is 0 Å². The summed E-state index contributed by atoms with van der Waals surface area (Å²) in [5.74, 6) is 0.724. The van der Waals surface area contributed by atoms with Gasteiger partial charge in [0.2, 0.25) is 0 Å². The second kappa shape index (κ2) is 10.8. The molecule has 7 heteroatoms. The lowest BCUT2D eigenvalue weighted by Crippen LogP contribution is -2.24. The van der Waals surface area contributed by atoms with Crippen molar-refractivity contribution in [3.63, 3.8) is 0 Å². The zero-order valence-corrected chi connectivity index (χ0v) is 19.0. The van der Waals surface area contributed by atoms with E-state index in [0.717, 1.165) is 37.0 Å². The average Bonchev–Trinajstić information content (AvgIpc) is 2.76. The summed E-state index contributed by atoms with van der Waals surface area (Å²) in [6.07, 6.45) is 1.45. The van der Waals surface area contributed by atoms with Crippen molar-refractivity contribution in [2.75, 3.05) is 0 Å². The van der Waals surface area contributed by atoms with Gasteiger partial charge in [0.25, 0.3) is 5.56 Å². The quantitative estimate of drug-likeness (QED) is 0.323. The summed E-state index contributed by atoms with van der Waals surface area (Å²) in [6.45, 7) is 4.01. The topological polar surface area (TPSA) is 52.0 Å². The van der Waals surface area contributed by atoms with E-state index in [9.17, 15) is 22.8 Å². The number of benzene rings is 2. The molecule has 0 bridgehead atoms. The summed E-state index contributed by atoms with van der Waals surface area (Å²) in [6, 6.07) is 9.87. The van der Waals surface area contributed by atoms with Crippen molar-refractivity contribution in [1.29, 1.82) is 0 Å². The maximum absolute atomic E-state index is 13.3. The summed E-state index contributed by atoms with van der Waals surface area (Å²) in [5, 5.41) is 0.412. The Hall–Kier alpha value is -2.96. The standard InChI is InChI=1S/C26H29F3N2O2/c1-3-4-5-8-21(32)9-6-7-10-24-30-23-17-18(2)11-16-22(23)25(33)31(24)20-14-12-19(13-15-20)26(27,28)29/h11-17H,3-10H2,1-2H3. The molecule has 0 aliphatic rings. The first-order valence-electron chi connectivity index (χ1n) is 11.4. The molecule has 4 nitrogen and oxygen atoms in total. The molecule has 176 valence electrons. The number of halogens is 3. The fourth-order valence-electron chi connectivity index (χ4n) is 3.88. The van der Waals surface area contributed by atoms with Crippen LogP contribution in [0.1, 0.15) is 68.8 Å². The number of aryl methyl sites for hydroxylation is 2. The van der Waals surface area contributed by atoms with Crippen molar-refractivity contribution >= 4 is 16.7 Å². The molecular formula is C26H29F3N2O2. The number of ketones is 1. The third-order valence-electron chi connectivity index (χ3n) is 5.71. The predicted molar refractivity (Wildman–Crippen MR) is 124 cm³/mol. The summed E-state index contributed by atoms with van der Waals surface area (Å²) >= 11 is 0. The lowest BCUT2D eigenvalue weighted by molar-refractivity contribution is -0.137. The predicted octanol–water partition coefficient (Wildman–Crippen LogP) is 6.58. The molecule has 2 aromatic carbocycles. The first kappa shape index (κ1) is 24.7. The first-order valence-corrected chi connectivity index (χ1v) is 11.4. The molecule has 0 spiro atoms. The van der Waals surface area contributed by atoms with Crippen molar-refractivity contribution in [3.8, 4) is 5.69 Å². The van der Waals surface area contributed by atoms with E-state index in [2.05, 4.69) is 11.9 Å². The highest BCUT2D eigenvalue weighted by atomic mass is 19.4. The van der Waals surface area contributed by atoms with E-state index in [1.54, 1.807) is 6.07 Å². The molecule has 0 unspecified atom stereocenters. The van der Waals surface area contributed by atoms with Gasteiger partial charge in [0.05, 0.1) is 22.2 Å². The Labute approximate surface area is 191 Å².